The van der Waals surface area contributed by atoms with Gasteiger partial charge >= 0.3 is 0 Å². The molecule has 0 aliphatic carbocycles. The summed E-state index contributed by atoms with van der Waals surface area (Å²) in [6.45, 7) is 5.48. The Morgan fingerprint density at radius 3 is 2.90 bits per heavy atom. The van der Waals surface area contributed by atoms with Crippen LogP contribution in [0.4, 0.5) is 0 Å². The maximum Gasteiger partial charge on any atom is 0.220 e. The number of nitrogens with one attached hydrogen (secondary N) is 1. The largest absolute Gasteiger partial charge is 0.494 e. The molecule has 0 aliphatic heterocycles. The SMILES string of the molecule is Cc1cccc(OCCCC(=O)NCCCC(C)CO)c1. The molecular formula is C17H27NO3. The Morgan fingerprint density at radius 1 is 1.38 bits per heavy atom. The molecule has 1 amide bonds. The van der Waals surface area contributed by atoms with Crippen LogP contribution in [0.5, 0.6) is 5.75 Å². The topological polar surface area (TPSA) is 58.6 Å². The van der Waals surface area contributed by atoms with Crippen LogP contribution >= 0.6 is 0 Å². The Bertz CT molecular complexity index is 420. The van der Waals surface area contributed by atoms with Crippen molar-refractivity contribution in [3.63, 3.8) is 0 Å². The van der Waals surface area contributed by atoms with Gasteiger partial charge in [0.1, 0.15) is 5.75 Å². The third-order valence-corrected chi connectivity index (χ3v) is 3.31. The third-order valence-electron chi connectivity index (χ3n) is 3.31. The van der Waals surface area contributed by atoms with Gasteiger partial charge < -0.3 is 15.2 Å². The van der Waals surface area contributed by atoms with Gasteiger partial charge in [0.2, 0.25) is 5.91 Å². The van der Waals surface area contributed by atoms with E-state index in [0.29, 0.717) is 31.9 Å². The second-order valence-corrected chi connectivity index (χ2v) is 5.55. The minimum Gasteiger partial charge on any atom is -0.494 e. The molecule has 1 unspecified atom stereocenters. The smallest absolute Gasteiger partial charge is 0.220 e. The maximum absolute atomic E-state index is 11.6. The van der Waals surface area contributed by atoms with Gasteiger partial charge in [-0.3, -0.25) is 4.79 Å². The second-order valence-electron chi connectivity index (χ2n) is 5.55. The summed E-state index contributed by atoms with van der Waals surface area (Å²) in [6.07, 6.45) is 3.05. The Labute approximate surface area is 127 Å². The number of ether oxygens (including phenoxy) is 1. The van der Waals surface area contributed by atoms with Crippen LogP contribution in [0.3, 0.4) is 0 Å². The minimum atomic E-state index is 0.0690. The van der Waals surface area contributed by atoms with Crippen LogP contribution < -0.4 is 10.1 Å². The summed E-state index contributed by atoms with van der Waals surface area (Å²) in [7, 11) is 0. The predicted molar refractivity (Wildman–Crippen MR) is 84.4 cm³/mol. The van der Waals surface area contributed by atoms with E-state index >= 15 is 0 Å². The fraction of sp³-hybridized carbons (Fsp3) is 0.588. The van der Waals surface area contributed by atoms with Crippen LogP contribution in [0.15, 0.2) is 24.3 Å². The summed E-state index contributed by atoms with van der Waals surface area (Å²) in [5.41, 5.74) is 1.17. The molecular weight excluding hydrogens is 266 g/mol. The monoisotopic (exact) mass is 293 g/mol. The van der Waals surface area contributed by atoms with Gasteiger partial charge in [0.25, 0.3) is 0 Å². The highest BCUT2D eigenvalue weighted by Crippen LogP contribution is 2.12. The van der Waals surface area contributed by atoms with Crippen LogP contribution in [-0.2, 0) is 4.79 Å². The van der Waals surface area contributed by atoms with Crippen LogP contribution in [0, 0.1) is 12.8 Å². The van der Waals surface area contributed by atoms with E-state index < -0.39 is 0 Å². The average molecular weight is 293 g/mol. The molecule has 1 atom stereocenters. The number of rotatable bonds is 10. The van der Waals surface area contributed by atoms with Gasteiger partial charge in [0.05, 0.1) is 6.61 Å². The number of aryl methyl sites for hydroxylation is 1. The van der Waals surface area contributed by atoms with Gasteiger partial charge in [0.15, 0.2) is 0 Å². The van der Waals surface area contributed by atoms with E-state index in [2.05, 4.69) is 5.32 Å². The lowest BCUT2D eigenvalue weighted by molar-refractivity contribution is -0.121. The number of hydrogen-bond donors (Lipinski definition) is 2. The lowest BCUT2D eigenvalue weighted by atomic mass is 10.1. The maximum atomic E-state index is 11.6. The molecule has 21 heavy (non-hydrogen) atoms. The average Bonchev–Trinajstić information content (AvgIpc) is 2.48. The third kappa shape index (κ3) is 8.35. The van der Waals surface area contributed by atoms with Crippen molar-refractivity contribution in [3.05, 3.63) is 29.8 Å². The zero-order chi connectivity index (χ0) is 15.5. The van der Waals surface area contributed by atoms with E-state index in [4.69, 9.17) is 9.84 Å². The summed E-state index contributed by atoms with van der Waals surface area (Å²) in [4.78, 5) is 11.6. The lowest BCUT2D eigenvalue weighted by Crippen LogP contribution is -2.25. The number of carbonyl (C=O) groups is 1. The molecule has 0 fully saturated rings. The van der Waals surface area contributed by atoms with Crippen molar-refractivity contribution in [1.82, 2.24) is 5.32 Å². The molecule has 1 rings (SSSR count). The van der Waals surface area contributed by atoms with Crippen LogP contribution in [0.2, 0.25) is 0 Å². The van der Waals surface area contributed by atoms with Crippen LogP contribution in [0.1, 0.15) is 38.2 Å². The van der Waals surface area contributed by atoms with E-state index in [-0.39, 0.29) is 12.5 Å². The molecule has 4 nitrogen and oxygen atoms in total. The van der Waals surface area contributed by atoms with Gasteiger partial charge in [-0.05, 0) is 49.8 Å². The molecule has 118 valence electrons. The first kappa shape index (κ1) is 17.5. The molecule has 0 aromatic heterocycles. The van der Waals surface area contributed by atoms with Crippen molar-refractivity contribution >= 4 is 5.91 Å². The lowest BCUT2D eigenvalue weighted by Gasteiger charge is -2.09. The van der Waals surface area contributed by atoms with E-state index in [1.807, 2.05) is 38.1 Å². The molecule has 0 saturated carbocycles. The molecule has 0 saturated heterocycles. The number of benzene rings is 1. The summed E-state index contributed by atoms with van der Waals surface area (Å²) >= 11 is 0. The van der Waals surface area contributed by atoms with Gasteiger partial charge in [0, 0.05) is 19.6 Å². The van der Waals surface area contributed by atoms with Crippen molar-refractivity contribution < 1.29 is 14.6 Å². The fourth-order valence-corrected chi connectivity index (χ4v) is 1.99. The van der Waals surface area contributed by atoms with Crippen molar-refractivity contribution in [2.75, 3.05) is 19.8 Å². The predicted octanol–water partition coefficient (Wildman–Crippen LogP) is 2.68. The number of carbonyl (C=O) groups excluding carboxylic acids is 1. The normalized spacial score (nSPS) is 12.0. The van der Waals surface area contributed by atoms with Gasteiger partial charge in [-0.2, -0.15) is 0 Å². The molecule has 0 spiro atoms. The molecule has 1 aromatic carbocycles. The number of aliphatic hydroxyl groups excluding tert-OH is 1. The quantitative estimate of drug-likeness (QED) is 0.652. The van der Waals surface area contributed by atoms with Gasteiger partial charge in [-0.25, -0.2) is 0 Å². The Kier molecular flexibility index (Phi) is 8.51. The Balaban J connectivity index is 2.03. The van der Waals surface area contributed by atoms with Crippen molar-refractivity contribution in [2.45, 2.75) is 39.5 Å². The van der Waals surface area contributed by atoms with E-state index in [0.717, 1.165) is 18.6 Å². The Hall–Kier alpha value is -1.55. The van der Waals surface area contributed by atoms with Gasteiger partial charge in [-0.15, -0.1) is 0 Å². The molecule has 0 bridgehead atoms. The van der Waals surface area contributed by atoms with Gasteiger partial charge in [-0.1, -0.05) is 19.1 Å². The minimum absolute atomic E-state index is 0.0690. The standard InChI is InChI=1S/C17H27NO3/c1-14-6-3-8-16(12-14)21-11-5-9-17(20)18-10-4-7-15(2)13-19/h3,6,8,12,15,19H,4-5,7,9-11,13H2,1-2H3,(H,18,20). The van der Waals surface area contributed by atoms with Crippen LogP contribution in [0.25, 0.3) is 0 Å². The zero-order valence-electron chi connectivity index (χ0n) is 13.1. The van der Waals surface area contributed by atoms with Crippen molar-refractivity contribution in [3.8, 4) is 5.75 Å². The van der Waals surface area contributed by atoms with Crippen LogP contribution in [-0.4, -0.2) is 30.8 Å². The summed E-state index contributed by atoms with van der Waals surface area (Å²) in [6, 6.07) is 7.90. The highest BCUT2D eigenvalue weighted by molar-refractivity contribution is 5.75. The highest BCUT2D eigenvalue weighted by Gasteiger charge is 2.03. The summed E-state index contributed by atoms with van der Waals surface area (Å²) < 4.78 is 5.60. The number of amides is 1. The first-order chi connectivity index (χ1) is 10.1. The zero-order valence-corrected chi connectivity index (χ0v) is 13.1. The fourth-order valence-electron chi connectivity index (χ4n) is 1.99. The second kappa shape index (κ2) is 10.2. The highest BCUT2D eigenvalue weighted by atomic mass is 16.5. The number of aliphatic hydroxyl groups is 1. The summed E-state index contributed by atoms with van der Waals surface area (Å²) in [5.74, 6) is 1.23. The van der Waals surface area contributed by atoms with Crippen molar-refractivity contribution in [1.29, 1.82) is 0 Å². The van der Waals surface area contributed by atoms with E-state index in [9.17, 15) is 4.79 Å². The molecule has 4 heteroatoms. The molecule has 0 heterocycles. The molecule has 1 aromatic rings. The van der Waals surface area contributed by atoms with E-state index in [1.54, 1.807) is 0 Å². The first-order valence-corrected chi connectivity index (χ1v) is 7.69. The molecule has 0 aliphatic rings. The molecule has 2 N–H and O–H groups in total. The van der Waals surface area contributed by atoms with E-state index in [1.165, 1.54) is 5.56 Å². The molecule has 0 radical (unpaired) electrons. The Morgan fingerprint density at radius 2 is 2.19 bits per heavy atom. The van der Waals surface area contributed by atoms with Crippen molar-refractivity contribution in [2.24, 2.45) is 5.92 Å². The first-order valence-electron chi connectivity index (χ1n) is 7.69. The number of hydrogen-bond acceptors (Lipinski definition) is 3. The summed E-state index contributed by atoms with van der Waals surface area (Å²) in [5, 5.41) is 11.8.